The zero-order valence-electron chi connectivity index (χ0n) is 14.5. The molecule has 0 radical (unpaired) electrons. The summed E-state index contributed by atoms with van der Waals surface area (Å²) < 4.78 is 30.2. The lowest BCUT2D eigenvalue weighted by atomic mass is 9.97. The molecule has 5 nitrogen and oxygen atoms in total. The highest BCUT2D eigenvalue weighted by Crippen LogP contribution is 2.23. The van der Waals surface area contributed by atoms with E-state index in [-0.39, 0.29) is 9.77 Å². The summed E-state index contributed by atoms with van der Waals surface area (Å²) in [6.45, 7) is 3.08. The van der Waals surface area contributed by atoms with Crippen LogP contribution in [0.2, 0.25) is 0 Å². The van der Waals surface area contributed by atoms with Gasteiger partial charge in [0.2, 0.25) is 10.0 Å². The molecule has 0 aliphatic heterocycles. The number of hydrogen-bond acceptors (Lipinski definition) is 4. The molecular weight excluding hydrogens is 356 g/mol. The normalized spacial score (nSPS) is 15.5. The van der Waals surface area contributed by atoms with Gasteiger partial charge in [0.25, 0.3) is 0 Å². The van der Waals surface area contributed by atoms with E-state index in [4.69, 9.17) is 0 Å². The van der Waals surface area contributed by atoms with E-state index in [2.05, 4.69) is 10.8 Å². The van der Waals surface area contributed by atoms with E-state index in [9.17, 15) is 13.2 Å². The number of benzene rings is 1. The molecular formula is C18H24N2O3S2. The number of rotatable bonds is 7. The summed E-state index contributed by atoms with van der Waals surface area (Å²) >= 11 is 1.10. The van der Waals surface area contributed by atoms with Crippen molar-refractivity contribution in [1.82, 2.24) is 9.29 Å². The van der Waals surface area contributed by atoms with Gasteiger partial charge < -0.3 is 0 Å². The second kappa shape index (κ2) is 7.85. The molecule has 25 heavy (non-hydrogen) atoms. The number of fused-ring (bicyclic) bond motifs is 1. The fourth-order valence-electron chi connectivity index (χ4n) is 3.21. The minimum absolute atomic E-state index is 0.0383. The van der Waals surface area contributed by atoms with Crippen LogP contribution in [-0.2, 0) is 16.6 Å². The van der Waals surface area contributed by atoms with E-state index in [1.807, 2.05) is 6.92 Å². The lowest BCUT2D eigenvalue weighted by Crippen LogP contribution is -2.25. The Balaban J connectivity index is 1.75. The molecule has 2 aromatic rings. The number of nitrogens with zero attached hydrogens (tertiary/aromatic N) is 1. The fourth-order valence-corrected chi connectivity index (χ4v) is 5.30. The standard InChI is InChI=1S/C18H24N2O3S2/c1-2-12-20-16-9-8-15(13-17(16)24-18(20)21)25(22,23)19-11-10-14-6-4-3-5-7-14/h6,8-9,13,19H,2-5,7,10-12H2,1H3. The predicted molar refractivity (Wildman–Crippen MR) is 103 cm³/mol. The van der Waals surface area contributed by atoms with Crippen LogP contribution in [0.15, 0.2) is 39.5 Å². The summed E-state index contributed by atoms with van der Waals surface area (Å²) in [5.41, 5.74) is 2.16. The Kier molecular flexibility index (Phi) is 5.76. The third-order valence-corrected chi connectivity index (χ3v) is 6.92. The van der Waals surface area contributed by atoms with Gasteiger partial charge in [0.05, 0.1) is 15.1 Å². The molecule has 0 spiro atoms. The first-order chi connectivity index (χ1) is 12.0. The Labute approximate surface area is 152 Å². The van der Waals surface area contributed by atoms with Gasteiger partial charge in [-0.15, -0.1) is 0 Å². The summed E-state index contributed by atoms with van der Waals surface area (Å²) in [4.78, 5) is 12.2. The smallest absolute Gasteiger partial charge is 0.299 e. The van der Waals surface area contributed by atoms with Crippen molar-refractivity contribution in [3.8, 4) is 0 Å². The molecule has 0 bridgehead atoms. The van der Waals surface area contributed by atoms with E-state index in [0.717, 1.165) is 47.2 Å². The van der Waals surface area contributed by atoms with Crippen molar-refractivity contribution in [1.29, 1.82) is 0 Å². The molecule has 3 rings (SSSR count). The Hall–Kier alpha value is -1.44. The van der Waals surface area contributed by atoms with Crippen LogP contribution in [0.25, 0.3) is 10.2 Å². The fraction of sp³-hybridized carbons (Fsp3) is 0.500. The van der Waals surface area contributed by atoms with Crippen LogP contribution in [0, 0.1) is 0 Å². The van der Waals surface area contributed by atoms with Crippen molar-refractivity contribution in [2.45, 2.75) is 56.9 Å². The van der Waals surface area contributed by atoms with Gasteiger partial charge in [-0.1, -0.05) is 29.9 Å². The number of aryl methyl sites for hydroxylation is 1. The van der Waals surface area contributed by atoms with Crippen molar-refractivity contribution in [3.63, 3.8) is 0 Å². The van der Waals surface area contributed by atoms with Crippen molar-refractivity contribution in [2.24, 2.45) is 0 Å². The second-order valence-corrected chi connectivity index (χ2v) is 9.17. The zero-order valence-corrected chi connectivity index (χ0v) is 16.1. The first-order valence-corrected chi connectivity index (χ1v) is 11.1. The van der Waals surface area contributed by atoms with Gasteiger partial charge in [0.1, 0.15) is 0 Å². The second-order valence-electron chi connectivity index (χ2n) is 6.41. The molecule has 0 saturated heterocycles. The van der Waals surface area contributed by atoms with Gasteiger partial charge in [-0.3, -0.25) is 9.36 Å². The van der Waals surface area contributed by atoms with Crippen LogP contribution >= 0.6 is 11.3 Å². The van der Waals surface area contributed by atoms with E-state index in [1.165, 1.54) is 18.4 Å². The topological polar surface area (TPSA) is 68.2 Å². The van der Waals surface area contributed by atoms with Crippen molar-refractivity contribution in [3.05, 3.63) is 39.5 Å². The van der Waals surface area contributed by atoms with Gasteiger partial charge in [-0.2, -0.15) is 0 Å². The molecule has 0 fully saturated rings. The van der Waals surface area contributed by atoms with Gasteiger partial charge in [-0.05, 0) is 56.7 Å². The first-order valence-electron chi connectivity index (χ1n) is 8.82. The number of sulfonamides is 1. The minimum atomic E-state index is -3.55. The maximum absolute atomic E-state index is 12.5. The number of thiazole rings is 1. The zero-order chi connectivity index (χ0) is 17.9. The van der Waals surface area contributed by atoms with Crippen LogP contribution in [0.3, 0.4) is 0 Å². The first kappa shape index (κ1) is 18.4. The van der Waals surface area contributed by atoms with Crippen LogP contribution < -0.4 is 9.60 Å². The van der Waals surface area contributed by atoms with Crippen LogP contribution in [0.5, 0.6) is 0 Å². The van der Waals surface area contributed by atoms with Gasteiger partial charge in [-0.25, -0.2) is 13.1 Å². The Morgan fingerprint density at radius 1 is 1.28 bits per heavy atom. The molecule has 1 aromatic carbocycles. The maximum Gasteiger partial charge on any atom is 0.308 e. The van der Waals surface area contributed by atoms with Crippen LogP contribution in [0.4, 0.5) is 0 Å². The Morgan fingerprint density at radius 3 is 2.84 bits per heavy atom. The molecule has 0 saturated carbocycles. The largest absolute Gasteiger partial charge is 0.308 e. The molecule has 7 heteroatoms. The van der Waals surface area contributed by atoms with Gasteiger partial charge >= 0.3 is 4.87 Å². The van der Waals surface area contributed by atoms with Crippen molar-refractivity contribution in [2.75, 3.05) is 6.54 Å². The number of nitrogens with one attached hydrogen (secondary N) is 1. The van der Waals surface area contributed by atoms with E-state index < -0.39 is 10.0 Å². The molecule has 1 heterocycles. The highest BCUT2D eigenvalue weighted by atomic mass is 32.2. The van der Waals surface area contributed by atoms with Crippen molar-refractivity contribution >= 4 is 31.6 Å². The lowest BCUT2D eigenvalue weighted by molar-refractivity contribution is 0.579. The van der Waals surface area contributed by atoms with Crippen molar-refractivity contribution < 1.29 is 8.42 Å². The Morgan fingerprint density at radius 2 is 2.12 bits per heavy atom. The lowest BCUT2D eigenvalue weighted by Gasteiger charge is -2.13. The Bertz CT molecular complexity index is 939. The molecule has 1 aliphatic carbocycles. The summed E-state index contributed by atoms with van der Waals surface area (Å²) in [6.07, 6.45) is 8.47. The molecule has 0 unspecified atom stereocenters. The predicted octanol–water partition coefficient (Wildman–Crippen LogP) is 3.64. The van der Waals surface area contributed by atoms with Gasteiger partial charge in [0.15, 0.2) is 0 Å². The van der Waals surface area contributed by atoms with Gasteiger partial charge in [0, 0.05) is 13.1 Å². The quantitative estimate of drug-likeness (QED) is 0.746. The average molecular weight is 381 g/mol. The van der Waals surface area contributed by atoms with E-state index >= 15 is 0 Å². The molecule has 136 valence electrons. The van der Waals surface area contributed by atoms with Crippen LogP contribution in [-0.4, -0.2) is 19.5 Å². The van der Waals surface area contributed by atoms with Crippen LogP contribution in [0.1, 0.15) is 45.4 Å². The molecule has 1 N–H and O–H groups in total. The maximum atomic E-state index is 12.5. The third kappa shape index (κ3) is 4.22. The average Bonchev–Trinajstić information content (AvgIpc) is 2.91. The van der Waals surface area contributed by atoms with E-state index in [1.54, 1.807) is 22.8 Å². The number of allylic oxidation sites excluding steroid dienone is 1. The molecule has 0 amide bonds. The number of hydrogen-bond donors (Lipinski definition) is 1. The number of aromatic nitrogens is 1. The molecule has 0 atom stereocenters. The minimum Gasteiger partial charge on any atom is -0.299 e. The molecule has 1 aromatic heterocycles. The summed E-state index contributed by atoms with van der Waals surface area (Å²) in [7, 11) is -3.55. The SMILES string of the molecule is CCCn1c(=O)sc2cc(S(=O)(=O)NCCC3=CCCCC3)ccc21. The monoisotopic (exact) mass is 380 g/mol. The van der Waals surface area contributed by atoms with E-state index in [0.29, 0.717) is 13.1 Å². The summed E-state index contributed by atoms with van der Waals surface area (Å²) in [6, 6.07) is 4.93. The third-order valence-electron chi connectivity index (χ3n) is 4.52. The summed E-state index contributed by atoms with van der Waals surface area (Å²) in [5, 5.41) is 0. The highest BCUT2D eigenvalue weighted by Gasteiger charge is 2.16. The molecule has 1 aliphatic rings. The highest BCUT2D eigenvalue weighted by molar-refractivity contribution is 7.89. The summed E-state index contributed by atoms with van der Waals surface area (Å²) in [5.74, 6) is 0.